The highest BCUT2D eigenvalue weighted by Gasteiger charge is 2.37. The van der Waals surface area contributed by atoms with Crippen molar-refractivity contribution < 1.29 is 9.53 Å². The topological polar surface area (TPSA) is 99.0 Å². The van der Waals surface area contributed by atoms with E-state index in [4.69, 9.17) is 9.72 Å². The zero-order valence-electron chi connectivity index (χ0n) is 16.3. The number of para-hydroxylation sites is 1. The van der Waals surface area contributed by atoms with Crippen LogP contribution in [0.25, 0.3) is 11.4 Å². The molecule has 148 valence electrons. The van der Waals surface area contributed by atoms with E-state index in [1.54, 1.807) is 35.0 Å². The van der Waals surface area contributed by atoms with E-state index in [1.807, 2.05) is 13.0 Å². The van der Waals surface area contributed by atoms with Crippen molar-refractivity contribution in [1.29, 1.82) is 0 Å². The average molecular weight is 391 g/mol. The summed E-state index contributed by atoms with van der Waals surface area (Å²) >= 11 is 0. The maximum Gasteiger partial charge on any atom is 0.255 e. The van der Waals surface area contributed by atoms with E-state index >= 15 is 0 Å². The fourth-order valence-electron chi connectivity index (χ4n) is 3.69. The molecule has 0 radical (unpaired) electrons. The Morgan fingerprint density at radius 1 is 1.24 bits per heavy atom. The van der Waals surface area contributed by atoms with Crippen LogP contribution in [0, 0.1) is 0 Å². The van der Waals surface area contributed by atoms with Crippen LogP contribution in [0.4, 0.5) is 0 Å². The van der Waals surface area contributed by atoms with E-state index in [0.717, 1.165) is 6.42 Å². The smallest absolute Gasteiger partial charge is 0.255 e. The fraction of sp³-hybridized carbons (Fsp3) is 0.286. The predicted molar refractivity (Wildman–Crippen MR) is 107 cm³/mol. The second-order valence-electron chi connectivity index (χ2n) is 7.14. The van der Waals surface area contributed by atoms with Gasteiger partial charge in [0.2, 0.25) is 0 Å². The molecule has 0 aliphatic carbocycles. The molecule has 1 aliphatic rings. The van der Waals surface area contributed by atoms with Crippen molar-refractivity contribution in [2.45, 2.75) is 31.8 Å². The van der Waals surface area contributed by atoms with Crippen LogP contribution in [-0.4, -0.2) is 32.5 Å². The molecule has 1 aromatic carbocycles. The average Bonchev–Trinajstić information content (AvgIpc) is 2.75. The molecule has 1 aliphatic heterocycles. The number of carbonyl (C=O) groups excluding carboxylic acids is 1. The molecule has 4 rings (SSSR count). The number of aromatic nitrogens is 4. The molecule has 0 bridgehead atoms. The van der Waals surface area contributed by atoms with Gasteiger partial charge in [-0.3, -0.25) is 14.2 Å². The van der Waals surface area contributed by atoms with Crippen molar-refractivity contribution >= 4 is 5.91 Å². The molecule has 0 saturated carbocycles. The number of ether oxygens (including phenoxy) is 1. The number of benzene rings is 1. The van der Waals surface area contributed by atoms with Gasteiger partial charge in [0.1, 0.15) is 17.9 Å². The Morgan fingerprint density at radius 2 is 2.07 bits per heavy atom. The monoisotopic (exact) mass is 391 g/mol. The third-order valence-electron chi connectivity index (χ3n) is 5.15. The lowest BCUT2D eigenvalue weighted by molar-refractivity contribution is 0.0877. The molecule has 2 aromatic heterocycles. The van der Waals surface area contributed by atoms with Crippen LogP contribution < -0.4 is 15.6 Å². The number of rotatable bonds is 4. The highest BCUT2D eigenvalue weighted by atomic mass is 16.5. The van der Waals surface area contributed by atoms with Crippen molar-refractivity contribution in [3.63, 3.8) is 0 Å². The molecule has 1 N–H and O–H groups in total. The summed E-state index contributed by atoms with van der Waals surface area (Å²) in [4.78, 5) is 38.6. The van der Waals surface area contributed by atoms with Crippen LogP contribution in [0.5, 0.6) is 5.75 Å². The highest BCUT2D eigenvalue weighted by Crippen LogP contribution is 2.31. The summed E-state index contributed by atoms with van der Waals surface area (Å²) < 4.78 is 6.93. The lowest BCUT2D eigenvalue weighted by atomic mass is 9.90. The molecule has 8 nitrogen and oxygen atoms in total. The SMILES string of the molecule is COc1ccccc1C(=O)NC1(C)CCCn2c1nc(-c1ccncn1)cc2=O. The van der Waals surface area contributed by atoms with Crippen LogP contribution in [0.1, 0.15) is 35.9 Å². The van der Waals surface area contributed by atoms with Crippen LogP contribution in [0.2, 0.25) is 0 Å². The van der Waals surface area contributed by atoms with Gasteiger partial charge in [-0.2, -0.15) is 0 Å². The number of amides is 1. The number of methoxy groups -OCH3 is 1. The van der Waals surface area contributed by atoms with Gasteiger partial charge in [0, 0.05) is 18.8 Å². The van der Waals surface area contributed by atoms with Gasteiger partial charge < -0.3 is 10.1 Å². The highest BCUT2D eigenvalue weighted by molar-refractivity contribution is 5.97. The van der Waals surface area contributed by atoms with E-state index in [1.165, 1.54) is 19.5 Å². The van der Waals surface area contributed by atoms with Crippen LogP contribution in [-0.2, 0) is 12.1 Å². The minimum Gasteiger partial charge on any atom is -0.496 e. The van der Waals surface area contributed by atoms with Crippen LogP contribution in [0.3, 0.4) is 0 Å². The molecule has 0 spiro atoms. The summed E-state index contributed by atoms with van der Waals surface area (Å²) in [6, 6.07) is 10.2. The molecule has 8 heteroatoms. The van der Waals surface area contributed by atoms with E-state index in [9.17, 15) is 9.59 Å². The number of hydrogen-bond acceptors (Lipinski definition) is 6. The molecule has 1 atom stereocenters. The Hall–Kier alpha value is -3.55. The first-order valence-corrected chi connectivity index (χ1v) is 9.36. The summed E-state index contributed by atoms with van der Waals surface area (Å²) in [7, 11) is 1.53. The molecule has 3 heterocycles. The molecule has 3 aromatic rings. The second kappa shape index (κ2) is 7.46. The Kier molecular flexibility index (Phi) is 4.84. The minimum atomic E-state index is -0.807. The summed E-state index contributed by atoms with van der Waals surface area (Å²) in [5.41, 5.74) is 0.481. The Balaban J connectivity index is 1.76. The molecule has 1 amide bonds. The Bertz CT molecular complexity index is 1110. The van der Waals surface area contributed by atoms with Gasteiger partial charge in [0.25, 0.3) is 11.5 Å². The van der Waals surface area contributed by atoms with Gasteiger partial charge in [0.05, 0.1) is 29.6 Å². The predicted octanol–water partition coefficient (Wildman–Crippen LogP) is 2.15. The Morgan fingerprint density at radius 3 is 2.83 bits per heavy atom. The summed E-state index contributed by atoms with van der Waals surface area (Å²) in [5.74, 6) is 0.734. The summed E-state index contributed by atoms with van der Waals surface area (Å²) in [5, 5.41) is 3.07. The van der Waals surface area contributed by atoms with Gasteiger partial charge in [-0.05, 0) is 38.0 Å². The standard InChI is InChI=1S/C21H21N5O3/c1-21(25-19(28)14-6-3-4-7-17(14)29-2)9-5-11-26-18(27)12-16(24-20(21)26)15-8-10-22-13-23-15/h3-4,6-8,10,12-13H,5,9,11H2,1-2H3,(H,25,28). The summed E-state index contributed by atoms with van der Waals surface area (Å²) in [6.45, 7) is 2.45. The van der Waals surface area contributed by atoms with E-state index < -0.39 is 5.54 Å². The lowest BCUT2D eigenvalue weighted by Crippen LogP contribution is -2.50. The molecule has 0 fully saturated rings. The largest absolute Gasteiger partial charge is 0.496 e. The third kappa shape index (κ3) is 3.49. The van der Waals surface area contributed by atoms with Crippen molar-refractivity contribution in [2.24, 2.45) is 0 Å². The molecule has 1 unspecified atom stereocenters. The lowest BCUT2D eigenvalue weighted by Gasteiger charge is -2.36. The van der Waals surface area contributed by atoms with Crippen LogP contribution >= 0.6 is 0 Å². The van der Waals surface area contributed by atoms with E-state index in [-0.39, 0.29) is 11.5 Å². The number of hydrogen-bond donors (Lipinski definition) is 1. The normalized spacial score (nSPS) is 18.0. The number of fused-ring (bicyclic) bond motifs is 1. The van der Waals surface area contributed by atoms with E-state index in [2.05, 4.69) is 15.3 Å². The third-order valence-corrected chi connectivity index (χ3v) is 5.15. The minimum absolute atomic E-state index is 0.166. The molecular formula is C21H21N5O3. The first-order chi connectivity index (χ1) is 14.0. The van der Waals surface area contributed by atoms with Crippen molar-refractivity contribution in [1.82, 2.24) is 24.8 Å². The Labute approximate surface area is 167 Å². The van der Waals surface area contributed by atoms with Gasteiger partial charge in [-0.25, -0.2) is 15.0 Å². The molecule has 29 heavy (non-hydrogen) atoms. The first kappa shape index (κ1) is 18.8. The molecule has 0 saturated heterocycles. The van der Waals surface area contributed by atoms with Gasteiger partial charge >= 0.3 is 0 Å². The van der Waals surface area contributed by atoms with Crippen molar-refractivity contribution in [3.8, 4) is 17.1 Å². The fourth-order valence-corrected chi connectivity index (χ4v) is 3.69. The quantitative estimate of drug-likeness (QED) is 0.732. The first-order valence-electron chi connectivity index (χ1n) is 9.36. The molecular weight excluding hydrogens is 370 g/mol. The van der Waals surface area contributed by atoms with Crippen molar-refractivity contribution in [3.05, 3.63) is 70.7 Å². The van der Waals surface area contributed by atoms with Crippen molar-refractivity contribution in [2.75, 3.05) is 7.11 Å². The van der Waals surface area contributed by atoms with Gasteiger partial charge in [-0.15, -0.1) is 0 Å². The number of nitrogens with zero attached hydrogens (tertiary/aromatic N) is 4. The van der Waals surface area contributed by atoms with Crippen LogP contribution in [0.15, 0.2) is 53.7 Å². The maximum atomic E-state index is 13.0. The van der Waals surface area contributed by atoms with Gasteiger partial charge in [-0.1, -0.05) is 12.1 Å². The van der Waals surface area contributed by atoms with E-state index in [0.29, 0.717) is 41.5 Å². The number of carbonyl (C=O) groups is 1. The maximum absolute atomic E-state index is 13.0. The zero-order chi connectivity index (χ0) is 20.4. The number of nitrogens with one attached hydrogen (secondary N) is 1. The van der Waals surface area contributed by atoms with Gasteiger partial charge in [0.15, 0.2) is 0 Å². The zero-order valence-corrected chi connectivity index (χ0v) is 16.3. The summed E-state index contributed by atoms with van der Waals surface area (Å²) in [6.07, 6.45) is 4.43. The second-order valence-corrected chi connectivity index (χ2v) is 7.14.